The third-order valence-electron chi connectivity index (χ3n) is 4.77. The van der Waals surface area contributed by atoms with E-state index >= 15 is 0 Å². The van der Waals surface area contributed by atoms with Crippen molar-refractivity contribution in [1.82, 2.24) is 0 Å². The maximum atomic E-state index is 11.7. The molecule has 0 aliphatic heterocycles. The van der Waals surface area contributed by atoms with E-state index in [1.807, 2.05) is 0 Å². The van der Waals surface area contributed by atoms with Gasteiger partial charge in [-0.2, -0.15) is 0 Å². The van der Waals surface area contributed by atoms with E-state index in [4.69, 9.17) is 0 Å². The van der Waals surface area contributed by atoms with Crippen LogP contribution in [-0.2, 0) is 0 Å². The van der Waals surface area contributed by atoms with Gasteiger partial charge in [0.25, 0.3) is 5.69 Å². The molecule has 212 valence electrons. The molecule has 2 rings (SSSR count). The second kappa shape index (κ2) is 10.6. The molecule has 0 radical (unpaired) electrons. The minimum atomic E-state index is -2.32. The molecule has 0 atom stereocenters. The number of benzene rings is 2. The quantitative estimate of drug-likeness (QED) is 0.207. The SMILES string of the molecule is O=[N+]([O-])c1cc([N+](=O)[O-])c([N+](=O)[O-])c([N+](=O)[O-])c1/C=C/c1c([N+](=O)[O-])c([N+](=O)[O-])c([N+](=O)[O-])c([N+](=O)[O-])c1[N+](=O)[O-]. The second-order valence-electron chi connectivity index (χ2n) is 6.83. The fraction of sp³-hybridized carbons (Fsp3) is 0. The summed E-state index contributed by atoms with van der Waals surface area (Å²) in [4.78, 5) is 87.4. The van der Waals surface area contributed by atoms with E-state index in [9.17, 15) is 91.0 Å². The first-order chi connectivity index (χ1) is 18.9. The first kappa shape index (κ1) is 30.0. The minimum absolute atomic E-state index is 0.0956. The molecule has 0 spiro atoms. The summed E-state index contributed by atoms with van der Waals surface area (Å²) in [7, 11) is 0. The van der Waals surface area contributed by atoms with E-state index in [0.29, 0.717) is 0 Å². The van der Waals surface area contributed by atoms with Crippen LogP contribution in [0.1, 0.15) is 11.1 Å². The summed E-state index contributed by atoms with van der Waals surface area (Å²) in [5.74, 6) is 0. The van der Waals surface area contributed by atoms with Gasteiger partial charge in [0, 0.05) is 0 Å². The number of hydrogen-bond acceptors (Lipinski definition) is 18. The van der Waals surface area contributed by atoms with Gasteiger partial charge in [0.1, 0.15) is 17.2 Å². The average Bonchev–Trinajstić information content (AvgIpc) is 2.83. The monoisotopic (exact) mass is 585 g/mol. The Labute approximate surface area is 216 Å². The number of nitrogens with zero attached hydrogens (tertiary/aromatic N) is 9. The summed E-state index contributed by atoms with van der Waals surface area (Å²) < 4.78 is 0. The van der Waals surface area contributed by atoms with Crippen LogP contribution in [0.3, 0.4) is 0 Å². The van der Waals surface area contributed by atoms with Gasteiger partial charge in [-0.15, -0.1) is 0 Å². The summed E-state index contributed by atoms with van der Waals surface area (Å²) in [6, 6.07) is -0.158. The van der Waals surface area contributed by atoms with Crippen LogP contribution < -0.4 is 0 Å². The fourth-order valence-electron chi connectivity index (χ4n) is 3.38. The van der Waals surface area contributed by atoms with E-state index in [1.54, 1.807) is 0 Å². The van der Waals surface area contributed by atoms with Crippen LogP contribution in [0.4, 0.5) is 51.2 Å². The maximum Gasteiger partial charge on any atom is 0.437 e. The number of hydrogen-bond donors (Lipinski definition) is 0. The Morgan fingerprint density at radius 2 is 0.610 bits per heavy atom. The van der Waals surface area contributed by atoms with Crippen LogP contribution in [0.2, 0.25) is 0 Å². The first-order valence-corrected chi connectivity index (χ1v) is 9.29. The Balaban J connectivity index is 3.36. The zero-order valence-electron chi connectivity index (χ0n) is 18.6. The standard InChI is InChI=1S/C14H3N9O18/c24-15(25)6-3-7(16(26)27)11(20(34)35)8(17(28)29)4(6)1-2-5-9(18(30)31)12(21(36)37)14(23(40)41)13(22(38)39)10(5)19(32)33/h1-3H/b2-1+. The molecule has 0 amide bonds. The average molecular weight is 585 g/mol. The topological polar surface area (TPSA) is 388 Å². The fourth-order valence-corrected chi connectivity index (χ4v) is 3.38. The molecule has 2 aromatic carbocycles. The Hall–Kier alpha value is -7.22. The Morgan fingerprint density at radius 1 is 0.341 bits per heavy atom. The molecule has 0 unspecified atom stereocenters. The number of nitro groups is 9. The molecule has 0 saturated heterocycles. The van der Waals surface area contributed by atoms with Crippen molar-refractivity contribution >= 4 is 63.3 Å². The highest BCUT2D eigenvalue weighted by Crippen LogP contribution is 2.53. The summed E-state index contributed by atoms with van der Waals surface area (Å²) in [6.07, 6.45) is -0.257. The summed E-state index contributed by atoms with van der Waals surface area (Å²) in [5, 5.41) is 103. The van der Waals surface area contributed by atoms with Gasteiger partial charge in [-0.3, -0.25) is 91.0 Å². The predicted molar refractivity (Wildman–Crippen MR) is 122 cm³/mol. The van der Waals surface area contributed by atoms with Crippen molar-refractivity contribution in [3.63, 3.8) is 0 Å². The lowest BCUT2D eigenvalue weighted by molar-refractivity contribution is -0.460. The van der Waals surface area contributed by atoms with Crippen LogP contribution in [0, 0.1) is 91.0 Å². The largest absolute Gasteiger partial charge is 0.437 e. The normalized spacial score (nSPS) is 10.6. The number of rotatable bonds is 11. The van der Waals surface area contributed by atoms with Gasteiger partial charge in [0.2, 0.25) is 0 Å². The highest BCUT2D eigenvalue weighted by atomic mass is 16.7. The minimum Gasteiger partial charge on any atom is -0.258 e. The summed E-state index contributed by atoms with van der Waals surface area (Å²) in [6.45, 7) is 0. The zero-order chi connectivity index (χ0) is 31.7. The maximum absolute atomic E-state index is 11.7. The van der Waals surface area contributed by atoms with Crippen LogP contribution in [-0.4, -0.2) is 44.3 Å². The molecule has 27 nitrogen and oxygen atoms in total. The van der Waals surface area contributed by atoms with Crippen LogP contribution in [0.5, 0.6) is 0 Å². The molecule has 0 heterocycles. The predicted octanol–water partition coefficient (Wildman–Crippen LogP) is 3.03. The zero-order valence-corrected chi connectivity index (χ0v) is 18.6. The van der Waals surface area contributed by atoms with E-state index in [-0.39, 0.29) is 18.2 Å². The second-order valence-corrected chi connectivity index (χ2v) is 6.83. The van der Waals surface area contributed by atoms with Gasteiger partial charge >= 0.3 is 45.5 Å². The van der Waals surface area contributed by atoms with Crippen LogP contribution >= 0.6 is 0 Å². The van der Waals surface area contributed by atoms with E-state index in [0.717, 1.165) is 0 Å². The van der Waals surface area contributed by atoms with Crippen molar-refractivity contribution in [3.8, 4) is 0 Å². The molecule has 41 heavy (non-hydrogen) atoms. The summed E-state index contributed by atoms with van der Waals surface area (Å²) >= 11 is 0. The molecule has 0 fully saturated rings. The highest BCUT2D eigenvalue weighted by Gasteiger charge is 2.54. The molecular weight excluding hydrogens is 582 g/mol. The first-order valence-electron chi connectivity index (χ1n) is 9.29. The van der Waals surface area contributed by atoms with Crippen LogP contribution in [0.15, 0.2) is 6.07 Å². The van der Waals surface area contributed by atoms with Crippen molar-refractivity contribution in [2.45, 2.75) is 0 Å². The smallest absolute Gasteiger partial charge is 0.258 e. The van der Waals surface area contributed by atoms with Crippen LogP contribution in [0.25, 0.3) is 12.2 Å². The van der Waals surface area contributed by atoms with E-state index in [1.165, 1.54) is 0 Å². The van der Waals surface area contributed by atoms with E-state index in [2.05, 4.69) is 0 Å². The van der Waals surface area contributed by atoms with Gasteiger partial charge in [0.05, 0.1) is 44.3 Å². The third-order valence-corrected chi connectivity index (χ3v) is 4.77. The van der Waals surface area contributed by atoms with Crippen molar-refractivity contribution in [1.29, 1.82) is 0 Å². The van der Waals surface area contributed by atoms with Gasteiger partial charge in [-0.25, -0.2) is 0 Å². The molecule has 0 aliphatic rings. The molecule has 0 aliphatic carbocycles. The summed E-state index contributed by atoms with van der Waals surface area (Å²) in [5.41, 5.74) is -22.1. The number of nitro benzene ring substituents is 9. The van der Waals surface area contributed by atoms with Crippen molar-refractivity contribution in [2.75, 3.05) is 0 Å². The Kier molecular flexibility index (Phi) is 7.79. The molecule has 0 N–H and O–H groups in total. The van der Waals surface area contributed by atoms with Crippen molar-refractivity contribution in [3.05, 3.63) is 108 Å². The molecule has 0 aromatic heterocycles. The van der Waals surface area contributed by atoms with Gasteiger partial charge in [0.15, 0.2) is 0 Å². The lowest BCUT2D eigenvalue weighted by atomic mass is 10.0. The third kappa shape index (κ3) is 5.13. The molecular formula is C14H3N9O18. The lowest BCUT2D eigenvalue weighted by Crippen LogP contribution is -2.10. The van der Waals surface area contributed by atoms with E-state index < -0.39 is 107 Å². The lowest BCUT2D eigenvalue weighted by Gasteiger charge is -2.05. The molecule has 0 bridgehead atoms. The van der Waals surface area contributed by atoms with Gasteiger partial charge in [-0.1, -0.05) is 0 Å². The molecule has 27 heteroatoms. The Morgan fingerprint density at radius 3 is 0.902 bits per heavy atom. The highest BCUT2D eigenvalue weighted by molar-refractivity contribution is 5.95. The van der Waals surface area contributed by atoms with Crippen molar-refractivity contribution < 1.29 is 44.3 Å². The van der Waals surface area contributed by atoms with Gasteiger partial charge < -0.3 is 0 Å². The molecule has 2 aromatic rings. The van der Waals surface area contributed by atoms with Gasteiger partial charge in [-0.05, 0) is 12.2 Å². The molecule has 0 saturated carbocycles. The van der Waals surface area contributed by atoms with Crippen molar-refractivity contribution in [2.24, 2.45) is 0 Å². The Bertz CT molecular complexity index is 1640.